The van der Waals surface area contributed by atoms with Gasteiger partial charge < -0.3 is 5.32 Å². The van der Waals surface area contributed by atoms with E-state index in [1.54, 1.807) is 0 Å². The van der Waals surface area contributed by atoms with E-state index >= 15 is 0 Å². The lowest BCUT2D eigenvalue weighted by Gasteiger charge is -2.31. The van der Waals surface area contributed by atoms with Crippen LogP contribution in [-0.2, 0) is 6.18 Å². The smallest absolute Gasteiger partial charge is 0.334 e. The summed E-state index contributed by atoms with van der Waals surface area (Å²) in [6.07, 6.45) is -7.87. The van der Waals surface area contributed by atoms with Crippen LogP contribution in [0.3, 0.4) is 0 Å². The second-order valence-corrected chi connectivity index (χ2v) is 6.28. The van der Waals surface area contributed by atoms with Gasteiger partial charge in [0.1, 0.15) is 0 Å². The zero-order valence-electron chi connectivity index (χ0n) is 13.1. The fourth-order valence-electron chi connectivity index (χ4n) is 2.64. The van der Waals surface area contributed by atoms with E-state index in [1.165, 1.54) is 0 Å². The number of hydrogen-bond acceptors (Lipinski definition) is 3. The minimum Gasteiger partial charge on any atom is -0.334 e. The third-order valence-corrected chi connectivity index (χ3v) is 4.22. The highest BCUT2D eigenvalue weighted by atomic mass is 35.5. The third kappa shape index (κ3) is 5.55. The molecule has 1 saturated carbocycles. The monoisotopic (exact) mass is 404 g/mol. The molecule has 0 aliphatic heterocycles. The molecule has 0 radical (unpaired) electrons. The first-order valence-electron chi connectivity index (χ1n) is 7.59. The summed E-state index contributed by atoms with van der Waals surface area (Å²) in [4.78, 5) is 15.2. The number of nitrogens with one attached hydrogen (secondary N) is 3. The summed E-state index contributed by atoms with van der Waals surface area (Å²) in [7, 11) is 0. The number of rotatable bonds is 3. The van der Waals surface area contributed by atoms with Gasteiger partial charge in [0.2, 0.25) is 0 Å². The number of alkyl halides is 6. The van der Waals surface area contributed by atoms with Crippen LogP contribution in [0.1, 0.15) is 31.2 Å². The number of amides is 2. The number of halogens is 7. The summed E-state index contributed by atoms with van der Waals surface area (Å²) in [5.41, 5.74) is 3.26. The van der Waals surface area contributed by atoms with E-state index in [2.05, 4.69) is 21.2 Å². The summed E-state index contributed by atoms with van der Waals surface area (Å²) in [5, 5.41) is 2.00. The van der Waals surface area contributed by atoms with Gasteiger partial charge in [-0.1, -0.05) is 18.0 Å². The van der Waals surface area contributed by atoms with Gasteiger partial charge in [-0.05, 0) is 25.3 Å². The molecule has 26 heavy (non-hydrogen) atoms. The number of anilines is 1. The second kappa shape index (κ2) is 7.77. The fourth-order valence-corrected chi connectivity index (χ4v) is 2.85. The van der Waals surface area contributed by atoms with E-state index in [1.807, 2.05) is 0 Å². The van der Waals surface area contributed by atoms with E-state index in [9.17, 15) is 31.1 Å². The number of hydrazine groups is 1. The number of hydrogen-bond donors (Lipinski definition) is 3. The summed E-state index contributed by atoms with van der Waals surface area (Å²) < 4.78 is 75.7. The normalized spacial score (nSPS) is 21.2. The Morgan fingerprint density at radius 3 is 2.46 bits per heavy atom. The summed E-state index contributed by atoms with van der Waals surface area (Å²) in [5.74, 6) is -1.70. The fraction of sp³-hybridized carbons (Fsp3) is 0.571. The van der Waals surface area contributed by atoms with Crippen molar-refractivity contribution < 1.29 is 31.1 Å². The van der Waals surface area contributed by atoms with Crippen molar-refractivity contribution in [2.24, 2.45) is 5.92 Å². The molecule has 146 valence electrons. The molecule has 0 unspecified atom stereocenters. The van der Waals surface area contributed by atoms with Gasteiger partial charge in [-0.15, -0.1) is 0 Å². The maximum absolute atomic E-state index is 12.7. The molecule has 1 aliphatic carbocycles. The largest absolute Gasteiger partial charge is 0.417 e. The van der Waals surface area contributed by atoms with E-state index in [-0.39, 0.29) is 23.7 Å². The third-order valence-electron chi connectivity index (χ3n) is 3.94. The van der Waals surface area contributed by atoms with Crippen LogP contribution >= 0.6 is 11.6 Å². The zero-order valence-corrected chi connectivity index (χ0v) is 13.9. The quantitative estimate of drug-likeness (QED) is 0.513. The minimum atomic E-state index is -4.62. The number of urea groups is 1. The molecule has 1 fully saturated rings. The lowest BCUT2D eigenvalue weighted by atomic mass is 9.85. The molecule has 0 saturated heterocycles. The van der Waals surface area contributed by atoms with Gasteiger partial charge in [-0.3, -0.25) is 10.9 Å². The van der Waals surface area contributed by atoms with E-state index in [4.69, 9.17) is 11.6 Å². The Morgan fingerprint density at radius 2 is 1.88 bits per heavy atom. The molecule has 5 nitrogen and oxygen atoms in total. The number of nitrogens with zero attached hydrogens (tertiary/aromatic N) is 1. The average molecular weight is 405 g/mol. The van der Waals surface area contributed by atoms with Crippen molar-refractivity contribution in [3.63, 3.8) is 0 Å². The summed E-state index contributed by atoms with van der Waals surface area (Å²) in [6, 6.07) is -0.866. The van der Waals surface area contributed by atoms with Crippen LogP contribution < -0.4 is 16.2 Å². The molecule has 0 bridgehead atoms. The molecule has 2 rings (SSSR count). The standard InChI is InChI=1S/C14H15ClF6N4O/c15-10-5-8(14(19,20)21)6-22-11(10)24-25-12(26)23-9-3-1-2-7(4-9)13(16,17)18/h5-7,9H,1-4H2,(H,22,24)(H2,23,25,26)/t7-,9+/m1/s1. The highest BCUT2D eigenvalue weighted by Gasteiger charge is 2.42. The number of aromatic nitrogens is 1. The van der Waals surface area contributed by atoms with Crippen molar-refractivity contribution in [2.45, 2.75) is 44.1 Å². The first-order chi connectivity index (χ1) is 12.0. The molecule has 1 heterocycles. The first-order valence-corrected chi connectivity index (χ1v) is 7.96. The molecule has 1 aromatic heterocycles. The first kappa shape index (κ1) is 20.4. The Hall–Kier alpha value is -1.91. The average Bonchev–Trinajstić information content (AvgIpc) is 2.52. The zero-order chi connectivity index (χ0) is 19.5. The Morgan fingerprint density at radius 1 is 1.19 bits per heavy atom. The van der Waals surface area contributed by atoms with Gasteiger partial charge in [0.15, 0.2) is 5.82 Å². The second-order valence-electron chi connectivity index (χ2n) is 5.88. The van der Waals surface area contributed by atoms with Gasteiger partial charge >= 0.3 is 18.4 Å². The number of carbonyl (C=O) groups is 1. The van der Waals surface area contributed by atoms with Crippen LogP contribution in [0.5, 0.6) is 0 Å². The Kier molecular flexibility index (Phi) is 6.09. The van der Waals surface area contributed by atoms with Crippen molar-refractivity contribution in [3.05, 3.63) is 22.8 Å². The van der Waals surface area contributed by atoms with Crippen LogP contribution in [0.15, 0.2) is 12.3 Å². The van der Waals surface area contributed by atoms with Crippen LogP contribution in [0.4, 0.5) is 37.0 Å². The molecule has 12 heteroatoms. The predicted octanol–water partition coefficient (Wildman–Crippen LogP) is 4.50. The molecule has 1 aromatic rings. The van der Waals surface area contributed by atoms with Gasteiger partial charge in [0.05, 0.1) is 16.5 Å². The van der Waals surface area contributed by atoms with Crippen molar-refractivity contribution in [2.75, 3.05) is 5.43 Å². The van der Waals surface area contributed by atoms with Gasteiger partial charge in [-0.2, -0.15) is 26.3 Å². The van der Waals surface area contributed by atoms with Crippen molar-refractivity contribution >= 4 is 23.4 Å². The minimum absolute atomic E-state index is 0.0205. The molecular weight excluding hydrogens is 390 g/mol. The van der Waals surface area contributed by atoms with Crippen LogP contribution in [0, 0.1) is 5.92 Å². The van der Waals surface area contributed by atoms with Gasteiger partial charge in [0, 0.05) is 12.2 Å². The Balaban J connectivity index is 1.87. The Bertz CT molecular complexity index is 651. The summed E-state index contributed by atoms with van der Waals surface area (Å²) in [6.45, 7) is 0. The molecule has 0 spiro atoms. The molecule has 0 aromatic carbocycles. The SMILES string of the molecule is O=C(NNc1ncc(C(F)(F)F)cc1Cl)N[C@H]1CCC[C@@H](C(F)(F)F)C1. The highest BCUT2D eigenvalue weighted by Crippen LogP contribution is 2.37. The van der Waals surface area contributed by atoms with Crippen LogP contribution in [0.2, 0.25) is 5.02 Å². The maximum atomic E-state index is 12.7. The molecular formula is C14H15ClF6N4O. The van der Waals surface area contributed by atoms with Gasteiger partial charge in [0.25, 0.3) is 0 Å². The number of pyridine rings is 1. The number of carbonyl (C=O) groups excluding carboxylic acids is 1. The lowest BCUT2D eigenvalue weighted by molar-refractivity contribution is -0.183. The molecule has 2 amide bonds. The topological polar surface area (TPSA) is 66.0 Å². The van der Waals surface area contributed by atoms with Gasteiger partial charge in [-0.25, -0.2) is 9.78 Å². The maximum Gasteiger partial charge on any atom is 0.417 e. The molecule has 3 N–H and O–H groups in total. The lowest BCUT2D eigenvalue weighted by Crippen LogP contribution is -2.47. The van der Waals surface area contributed by atoms with E-state index < -0.39 is 35.9 Å². The van der Waals surface area contributed by atoms with E-state index in [0.717, 1.165) is 0 Å². The van der Waals surface area contributed by atoms with Crippen molar-refractivity contribution in [1.29, 1.82) is 0 Å². The van der Waals surface area contributed by atoms with Crippen LogP contribution in [0.25, 0.3) is 0 Å². The molecule has 1 aliphatic rings. The molecule has 2 atom stereocenters. The van der Waals surface area contributed by atoms with E-state index in [0.29, 0.717) is 25.1 Å². The van der Waals surface area contributed by atoms with Crippen molar-refractivity contribution in [3.8, 4) is 0 Å². The van der Waals surface area contributed by atoms with Crippen LogP contribution in [-0.4, -0.2) is 23.2 Å². The Labute approximate surface area is 149 Å². The van der Waals surface area contributed by atoms with Crippen molar-refractivity contribution in [1.82, 2.24) is 15.7 Å². The summed E-state index contributed by atoms with van der Waals surface area (Å²) >= 11 is 5.66. The highest BCUT2D eigenvalue weighted by molar-refractivity contribution is 6.33. The predicted molar refractivity (Wildman–Crippen MR) is 81.3 cm³/mol.